The molecule has 0 saturated carbocycles. The molecule has 0 amide bonds. The molecule has 0 fully saturated rings. The van der Waals surface area contributed by atoms with Crippen LogP contribution in [0.25, 0.3) is 0 Å². The SMILES string of the molecule is Cc1cnc(N(C)C(C)CN)c(Br)c1. The van der Waals surface area contributed by atoms with Gasteiger partial charge in [-0.3, -0.25) is 0 Å². The zero-order valence-electron chi connectivity index (χ0n) is 8.79. The molecule has 0 bridgehead atoms. The lowest BCUT2D eigenvalue weighted by Crippen LogP contribution is -2.36. The Labute approximate surface area is 93.4 Å². The summed E-state index contributed by atoms with van der Waals surface area (Å²) in [6.45, 7) is 4.72. The largest absolute Gasteiger partial charge is 0.355 e. The first-order valence-electron chi connectivity index (χ1n) is 4.61. The quantitative estimate of drug-likeness (QED) is 0.900. The van der Waals surface area contributed by atoms with Gasteiger partial charge in [0, 0.05) is 25.8 Å². The number of pyridine rings is 1. The van der Waals surface area contributed by atoms with Crippen LogP contribution >= 0.6 is 15.9 Å². The first-order chi connectivity index (χ1) is 6.56. The summed E-state index contributed by atoms with van der Waals surface area (Å²) in [6.07, 6.45) is 1.86. The number of halogens is 1. The number of hydrogen-bond acceptors (Lipinski definition) is 3. The maximum absolute atomic E-state index is 5.61. The van der Waals surface area contributed by atoms with Gasteiger partial charge in [-0.25, -0.2) is 4.98 Å². The van der Waals surface area contributed by atoms with Crippen LogP contribution in [0.5, 0.6) is 0 Å². The molecule has 2 N–H and O–H groups in total. The van der Waals surface area contributed by atoms with E-state index in [1.807, 2.05) is 20.2 Å². The minimum absolute atomic E-state index is 0.293. The molecule has 1 rings (SSSR count). The van der Waals surface area contributed by atoms with Crippen LogP contribution in [0, 0.1) is 6.92 Å². The first kappa shape index (κ1) is 11.5. The third kappa shape index (κ3) is 2.45. The highest BCUT2D eigenvalue weighted by atomic mass is 79.9. The van der Waals surface area contributed by atoms with Gasteiger partial charge in [0.05, 0.1) is 4.47 Å². The van der Waals surface area contributed by atoms with Gasteiger partial charge in [0.1, 0.15) is 5.82 Å². The monoisotopic (exact) mass is 257 g/mol. The Kier molecular flexibility index (Phi) is 3.89. The lowest BCUT2D eigenvalue weighted by molar-refractivity contribution is 0.686. The molecule has 1 aromatic heterocycles. The summed E-state index contributed by atoms with van der Waals surface area (Å²) in [5.41, 5.74) is 6.75. The van der Waals surface area contributed by atoms with E-state index in [0.717, 1.165) is 15.9 Å². The summed E-state index contributed by atoms with van der Waals surface area (Å²) in [5.74, 6) is 0.938. The molecule has 0 aromatic carbocycles. The fourth-order valence-corrected chi connectivity index (χ4v) is 1.90. The van der Waals surface area contributed by atoms with Crippen molar-refractivity contribution in [2.45, 2.75) is 19.9 Å². The summed E-state index contributed by atoms with van der Waals surface area (Å²) < 4.78 is 1.01. The second-order valence-corrected chi connectivity index (χ2v) is 4.37. The molecule has 1 heterocycles. The maximum Gasteiger partial charge on any atom is 0.142 e. The van der Waals surface area contributed by atoms with E-state index in [-0.39, 0.29) is 0 Å². The number of nitrogens with two attached hydrogens (primary N) is 1. The Balaban J connectivity index is 2.95. The molecule has 78 valence electrons. The van der Waals surface area contributed by atoms with Crippen LogP contribution in [0.3, 0.4) is 0 Å². The highest BCUT2D eigenvalue weighted by Gasteiger charge is 2.12. The van der Waals surface area contributed by atoms with Gasteiger partial charge in [-0.2, -0.15) is 0 Å². The van der Waals surface area contributed by atoms with Crippen molar-refractivity contribution in [1.29, 1.82) is 0 Å². The van der Waals surface area contributed by atoms with Crippen molar-refractivity contribution in [3.63, 3.8) is 0 Å². The first-order valence-corrected chi connectivity index (χ1v) is 5.40. The van der Waals surface area contributed by atoms with Crippen molar-refractivity contribution >= 4 is 21.7 Å². The second kappa shape index (κ2) is 4.75. The fourth-order valence-electron chi connectivity index (χ4n) is 1.15. The van der Waals surface area contributed by atoms with Gasteiger partial charge < -0.3 is 10.6 Å². The van der Waals surface area contributed by atoms with E-state index in [9.17, 15) is 0 Å². The third-order valence-electron chi connectivity index (χ3n) is 2.29. The number of rotatable bonds is 3. The van der Waals surface area contributed by atoms with Crippen LogP contribution in [0.15, 0.2) is 16.7 Å². The van der Waals surface area contributed by atoms with E-state index >= 15 is 0 Å². The van der Waals surface area contributed by atoms with Gasteiger partial charge in [-0.1, -0.05) is 0 Å². The van der Waals surface area contributed by atoms with Gasteiger partial charge >= 0.3 is 0 Å². The average molecular weight is 258 g/mol. The molecule has 1 atom stereocenters. The van der Waals surface area contributed by atoms with Crippen LogP contribution in [-0.4, -0.2) is 24.6 Å². The van der Waals surface area contributed by atoms with Crippen LogP contribution in [0.2, 0.25) is 0 Å². The average Bonchev–Trinajstić information content (AvgIpc) is 2.15. The normalized spacial score (nSPS) is 12.6. The number of aryl methyl sites for hydroxylation is 1. The smallest absolute Gasteiger partial charge is 0.142 e. The number of anilines is 1. The Morgan fingerprint density at radius 1 is 1.64 bits per heavy atom. The molecule has 1 aromatic rings. The topological polar surface area (TPSA) is 42.2 Å². The van der Waals surface area contributed by atoms with E-state index in [1.165, 1.54) is 0 Å². The lowest BCUT2D eigenvalue weighted by atomic mass is 10.2. The van der Waals surface area contributed by atoms with Crippen LogP contribution in [0.4, 0.5) is 5.82 Å². The van der Waals surface area contributed by atoms with Crippen LogP contribution in [0.1, 0.15) is 12.5 Å². The van der Waals surface area contributed by atoms with E-state index in [0.29, 0.717) is 12.6 Å². The van der Waals surface area contributed by atoms with Crippen molar-refractivity contribution in [1.82, 2.24) is 4.98 Å². The van der Waals surface area contributed by atoms with Gasteiger partial charge in [-0.15, -0.1) is 0 Å². The minimum Gasteiger partial charge on any atom is -0.355 e. The molecule has 3 nitrogen and oxygen atoms in total. The molecule has 1 unspecified atom stereocenters. The van der Waals surface area contributed by atoms with Crippen molar-refractivity contribution in [2.24, 2.45) is 5.73 Å². The number of likely N-dealkylation sites (N-methyl/N-ethyl adjacent to an activating group) is 1. The summed E-state index contributed by atoms with van der Waals surface area (Å²) in [6, 6.07) is 2.35. The fraction of sp³-hybridized carbons (Fsp3) is 0.500. The number of aromatic nitrogens is 1. The molecular weight excluding hydrogens is 242 g/mol. The van der Waals surface area contributed by atoms with Crippen molar-refractivity contribution in [2.75, 3.05) is 18.5 Å². The molecule has 0 aliphatic rings. The highest BCUT2D eigenvalue weighted by Crippen LogP contribution is 2.24. The zero-order valence-corrected chi connectivity index (χ0v) is 10.4. The van der Waals surface area contributed by atoms with Crippen molar-refractivity contribution < 1.29 is 0 Å². The summed E-state index contributed by atoms with van der Waals surface area (Å²) in [5, 5.41) is 0. The van der Waals surface area contributed by atoms with Crippen molar-refractivity contribution in [3.8, 4) is 0 Å². The van der Waals surface area contributed by atoms with E-state index in [1.54, 1.807) is 0 Å². The molecule has 0 spiro atoms. The van der Waals surface area contributed by atoms with Gasteiger partial charge in [0.15, 0.2) is 0 Å². The molecule has 0 radical (unpaired) electrons. The Morgan fingerprint density at radius 3 is 2.79 bits per heavy atom. The third-order valence-corrected chi connectivity index (χ3v) is 2.88. The second-order valence-electron chi connectivity index (χ2n) is 3.51. The Hall–Kier alpha value is -0.610. The molecule has 0 aliphatic heterocycles. The maximum atomic E-state index is 5.61. The standard InChI is InChI=1S/C10H16BrN3/c1-7-4-9(11)10(13-6-7)14(3)8(2)5-12/h4,6,8H,5,12H2,1-3H3. The van der Waals surface area contributed by atoms with Crippen LogP contribution in [-0.2, 0) is 0 Å². The Bertz CT molecular complexity index is 314. The van der Waals surface area contributed by atoms with Crippen LogP contribution < -0.4 is 10.6 Å². The highest BCUT2D eigenvalue weighted by molar-refractivity contribution is 9.10. The Morgan fingerprint density at radius 2 is 2.29 bits per heavy atom. The van der Waals surface area contributed by atoms with Gasteiger partial charge in [0.25, 0.3) is 0 Å². The summed E-state index contributed by atoms with van der Waals surface area (Å²) in [4.78, 5) is 6.44. The minimum atomic E-state index is 0.293. The van der Waals surface area contributed by atoms with E-state index in [4.69, 9.17) is 5.73 Å². The lowest BCUT2D eigenvalue weighted by Gasteiger charge is -2.25. The molecule has 14 heavy (non-hydrogen) atoms. The van der Waals surface area contributed by atoms with E-state index in [2.05, 4.69) is 38.8 Å². The number of hydrogen-bond donors (Lipinski definition) is 1. The van der Waals surface area contributed by atoms with Gasteiger partial charge in [-0.05, 0) is 41.4 Å². The molecule has 4 heteroatoms. The molecule has 0 aliphatic carbocycles. The number of nitrogens with zero attached hydrogens (tertiary/aromatic N) is 2. The molecular formula is C10H16BrN3. The summed E-state index contributed by atoms with van der Waals surface area (Å²) in [7, 11) is 2.00. The summed E-state index contributed by atoms with van der Waals surface area (Å²) >= 11 is 3.50. The van der Waals surface area contributed by atoms with Gasteiger partial charge in [0.2, 0.25) is 0 Å². The zero-order chi connectivity index (χ0) is 10.7. The molecule has 0 saturated heterocycles. The van der Waals surface area contributed by atoms with E-state index < -0.39 is 0 Å². The van der Waals surface area contributed by atoms with Crippen molar-refractivity contribution in [3.05, 3.63) is 22.3 Å². The predicted octanol–water partition coefficient (Wildman–Crippen LogP) is 1.94. The predicted molar refractivity (Wildman–Crippen MR) is 63.6 cm³/mol.